The first kappa shape index (κ1) is 17.5. The summed E-state index contributed by atoms with van der Waals surface area (Å²) in [7, 11) is 1.57. The third-order valence-electron chi connectivity index (χ3n) is 4.94. The maximum atomic E-state index is 13.1. The molecule has 0 aromatic rings. The minimum Gasteiger partial charge on any atom is -0.381 e. The van der Waals surface area contributed by atoms with E-state index < -0.39 is 29.5 Å². The van der Waals surface area contributed by atoms with Crippen LogP contribution in [-0.4, -0.2) is 44.6 Å². The van der Waals surface area contributed by atoms with Gasteiger partial charge >= 0.3 is 6.18 Å². The molecular formula is C15H24F3NO3. The topological polar surface area (TPSA) is 47.6 Å². The monoisotopic (exact) mass is 323 g/mol. The van der Waals surface area contributed by atoms with Crippen LogP contribution >= 0.6 is 0 Å². The smallest absolute Gasteiger partial charge is 0.381 e. The van der Waals surface area contributed by atoms with E-state index in [0.29, 0.717) is 45.3 Å². The fourth-order valence-corrected chi connectivity index (χ4v) is 3.41. The van der Waals surface area contributed by atoms with Crippen molar-refractivity contribution in [3.63, 3.8) is 0 Å². The van der Waals surface area contributed by atoms with Crippen LogP contribution in [0.3, 0.4) is 0 Å². The fourth-order valence-electron chi connectivity index (χ4n) is 3.41. The summed E-state index contributed by atoms with van der Waals surface area (Å²) >= 11 is 0. The van der Waals surface area contributed by atoms with Gasteiger partial charge in [0.2, 0.25) is 5.91 Å². The third-order valence-corrected chi connectivity index (χ3v) is 4.94. The number of amides is 1. The average molecular weight is 323 g/mol. The summed E-state index contributed by atoms with van der Waals surface area (Å²) in [5.41, 5.74) is -0.518. The van der Waals surface area contributed by atoms with Gasteiger partial charge in [0.15, 0.2) is 0 Å². The van der Waals surface area contributed by atoms with Crippen molar-refractivity contribution >= 4 is 5.91 Å². The Labute approximate surface area is 128 Å². The second kappa shape index (κ2) is 7.17. The first-order valence-corrected chi connectivity index (χ1v) is 7.85. The molecule has 0 bridgehead atoms. The van der Waals surface area contributed by atoms with E-state index in [0.717, 1.165) is 0 Å². The molecule has 0 radical (unpaired) electrons. The second-order valence-electron chi connectivity index (χ2n) is 6.26. The molecule has 2 aliphatic rings. The zero-order valence-electron chi connectivity index (χ0n) is 12.9. The van der Waals surface area contributed by atoms with Gasteiger partial charge < -0.3 is 14.8 Å². The lowest BCUT2D eigenvalue weighted by Crippen LogP contribution is -2.51. The van der Waals surface area contributed by atoms with Crippen LogP contribution < -0.4 is 5.32 Å². The van der Waals surface area contributed by atoms with Crippen LogP contribution in [-0.2, 0) is 14.3 Å². The quantitative estimate of drug-likeness (QED) is 0.865. The van der Waals surface area contributed by atoms with E-state index in [1.54, 1.807) is 7.11 Å². The molecule has 1 heterocycles. The highest BCUT2D eigenvalue weighted by Crippen LogP contribution is 2.41. The van der Waals surface area contributed by atoms with Crippen molar-refractivity contribution in [2.75, 3.05) is 26.9 Å². The molecule has 0 unspecified atom stereocenters. The Morgan fingerprint density at radius 1 is 1.27 bits per heavy atom. The van der Waals surface area contributed by atoms with E-state index in [1.165, 1.54) is 0 Å². The van der Waals surface area contributed by atoms with Crippen molar-refractivity contribution < 1.29 is 27.4 Å². The minimum atomic E-state index is -4.31. The minimum absolute atomic E-state index is 0.0465. The zero-order chi connectivity index (χ0) is 16.2. The van der Waals surface area contributed by atoms with Gasteiger partial charge in [-0.05, 0) is 12.8 Å². The molecule has 1 aliphatic carbocycles. The average Bonchev–Trinajstić information content (AvgIpc) is 2.53. The molecule has 7 heteroatoms. The van der Waals surface area contributed by atoms with Crippen molar-refractivity contribution in [1.82, 2.24) is 5.32 Å². The Balaban J connectivity index is 1.95. The molecule has 1 N–H and O–H groups in total. The number of hydrogen-bond acceptors (Lipinski definition) is 3. The van der Waals surface area contributed by atoms with Crippen LogP contribution in [0.2, 0.25) is 0 Å². The summed E-state index contributed by atoms with van der Waals surface area (Å²) < 4.78 is 50.0. The molecule has 4 nitrogen and oxygen atoms in total. The molecule has 1 saturated carbocycles. The molecule has 1 amide bonds. The lowest BCUT2D eigenvalue weighted by Gasteiger charge is -2.37. The van der Waals surface area contributed by atoms with E-state index in [2.05, 4.69) is 5.32 Å². The van der Waals surface area contributed by atoms with E-state index in [4.69, 9.17) is 9.47 Å². The van der Waals surface area contributed by atoms with Gasteiger partial charge in [-0.1, -0.05) is 12.8 Å². The van der Waals surface area contributed by atoms with Crippen molar-refractivity contribution in [2.45, 2.75) is 50.3 Å². The van der Waals surface area contributed by atoms with Gasteiger partial charge in [-0.25, -0.2) is 0 Å². The zero-order valence-corrected chi connectivity index (χ0v) is 12.9. The number of rotatable bonds is 4. The first-order chi connectivity index (χ1) is 10.4. The van der Waals surface area contributed by atoms with Gasteiger partial charge in [-0.2, -0.15) is 13.2 Å². The normalized spacial score (nSPS) is 29.1. The van der Waals surface area contributed by atoms with Gasteiger partial charge in [-0.15, -0.1) is 0 Å². The van der Waals surface area contributed by atoms with E-state index in [9.17, 15) is 18.0 Å². The molecule has 128 valence electrons. The van der Waals surface area contributed by atoms with Crippen molar-refractivity contribution in [1.29, 1.82) is 0 Å². The van der Waals surface area contributed by atoms with Crippen molar-refractivity contribution in [3.8, 4) is 0 Å². The Hall–Kier alpha value is -0.820. The molecule has 0 aromatic carbocycles. The largest absolute Gasteiger partial charge is 0.392 e. The SMILES string of the molecule is COC1(CNC(=O)[C@@H]2CCCC[C@H]2C(F)(F)F)CCOCC1. The van der Waals surface area contributed by atoms with Gasteiger partial charge in [0.25, 0.3) is 0 Å². The first-order valence-electron chi connectivity index (χ1n) is 7.85. The van der Waals surface area contributed by atoms with Crippen LogP contribution in [0.15, 0.2) is 0 Å². The Bertz CT molecular complexity index is 381. The molecule has 1 aliphatic heterocycles. The predicted octanol–water partition coefficient (Wildman–Crippen LogP) is 2.67. The highest BCUT2D eigenvalue weighted by atomic mass is 19.4. The van der Waals surface area contributed by atoms with Gasteiger partial charge in [-0.3, -0.25) is 4.79 Å². The lowest BCUT2D eigenvalue weighted by atomic mass is 9.78. The number of hydrogen-bond donors (Lipinski definition) is 1. The Morgan fingerprint density at radius 2 is 1.91 bits per heavy atom. The molecule has 2 rings (SSSR count). The summed E-state index contributed by atoms with van der Waals surface area (Å²) in [6.07, 6.45) is -1.47. The van der Waals surface area contributed by atoms with E-state index >= 15 is 0 Å². The predicted molar refractivity (Wildman–Crippen MR) is 74.3 cm³/mol. The molecular weight excluding hydrogens is 299 g/mol. The molecule has 22 heavy (non-hydrogen) atoms. The number of alkyl halides is 3. The molecule has 2 atom stereocenters. The molecule has 0 aromatic heterocycles. The Morgan fingerprint density at radius 3 is 2.50 bits per heavy atom. The number of carbonyl (C=O) groups excluding carboxylic acids is 1. The van der Waals surface area contributed by atoms with Crippen molar-refractivity contribution in [3.05, 3.63) is 0 Å². The Kier molecular flexibility index (Phi) is 5.71. The standard InChI is InChI=1S/C15H24F3NO3/c1-21-14(6-8-22-9-7-14)10-19-13(20)11-4-2-3-5-12(11)15(16,17)18/h11-12H,2-10H2,1H3,(H,19,20)/t11-,12-/m1/s1. The summed E-state index contributed by atoms with van der Waals surface area (Å²) in [6.45, 7) is 1.32. The number of methoxy groups -OCH3 is 1. The molecule has 1 saturated heterocycles. The van der Waals surface area contributed by atoms with Crippen LogP contribution in [0.5, 0.6) is 0 Å². The van der Waals surface area contributed by atoms with Gasteiger partial charge in [0.05, 0.1) is 11.5 Å². The lowest BCUT2D eigenvalue weighted by molar-refractivity contribution is -0.198. The maximum absolute atomic E-state index is 13.1. The fraction of sp³-hybridized carbons (Fsp3) is 0.933. The summed E-state index contributed by atoms with van der Waals surface area (Å²) in [5, 5.41) is 2.70. The van der Waals surface area contributed by atoms with E-state index in [-0.39, 0.29) is 13.0 Å². The van der Waals surface area contributed by atoms with Gasteiger partial charge in [0.1, 0.15) is 0 Å². The van der Waals surface area contributed by atoms with Crippen LogP contribution in [0.25, 0.3) is 0 Å². The number of carbonyl (C=O) groups is 1. The molecule has 2 fully saturated rings. The third kappa shape index (κ3) is 4.13. The summed E-state index contributed by atoms with van der Waals surface area (Å²) in [5.74, 6) is -2.98. The van der Waals surface area contributed by atoms with Crippen LogP contribution in [0.4, 0.5) is 13.2 Å². The number of ether oxygens (including phenoxy) is 2. The summed E-state index contributed by atoms with van der Waals surface area (Å²) in [6, 6.07) is 0. The second-order valence-corrected chi connectivity index (χ2v) is 6.26. The van der Waals surface area contributed by atoms with Crippen LogP contribution in [0.1, 0.15) is 38.5 Å². The molecule has 0 spiro atoms. The maximum Gasteiger partial charge on any atom is 0.392 e. The van der Waals surface area contributed by atoms with Gasteiger partial charge in [0, 0.05) is 45.6 Å². The summed E-state index contributed by atoms with van der Waals surface area (Å²) in [4.78, 5) is 12.3. The van der Waals surface area contributed by atoms with Crippen LogP contribution in [0, 0.1) is 11.8 Å². The van der Waals surface area contributed by atoms with E-state index in [1.807, 2.05) is 0 Å². The number of halogens is 3. The highest BCUT2D eigenvalue weighted by Gasteiger charge is 2.48. The van der Waals surface area contributed by atoms with Crippen molar-refractivity contribution in [2.24, 2.45) is 11.8 Å². The number of nitrogens with one attached hydrogen (secondary N) is 1. The highest BCUT2D eigenvalue weighted by molar-refractivity contribution is 5.79.